The molecule has 0 atom stereocenters. The summed E-state index contributed by atoms with van der Waals surface area (Å²) in [5.41, 5.74) is 2.82. The summed E-state index contributed by atoms with van der Waals surface area (Å²) in [6.07, 6.45) is 2.39. The van der Waals surface area contributed by atoms with Gasteiger partial charge in [-0.25, -0.2) is 0 Å². The van der Waals surface area contributed by atoms with E-state index < -0.39 is 0 Å². The monoisotopic (exact) mass is 352 g/mol. The van der Waals surface area contributed by atoms with E-state index >= 15 is 0 Å². The van der Waals surface area contributed by atoms with Crippen molar-refractivity contribution < 1.29 is 0 Å². The molecule has 0 aliphatic carbocycles. The van der Waals surface area contributed by atoms with Gasteiger partial charge in [0.1, 0.15) is 0 Å². The molecule has 0 amide bonds. The van der Waals surface area contributed by atoms with Gasteiger partial charge in [0.05, 0.1) is 18.8 Å². The minimum atomic E-state index is 1.18. The lowest BCUT2D eigenvalue weighted by atomic mass is 10.1. The molecule has 0 saturated heterocycles. The lowest BCUT2D eigenvalue weighted by Crippen LogP contribution is -1.80. The summed E-state index contributed by atoms with van der Waals surface area (Å²) in [5.74, 6) is 0. The largest absolute Gasteiger partial charge is 0.133 e. The van der Waals surface area contributed by atoms with E-state index in [4.69, 9.17) is 0 Å². The van der Waals surface area contributed by atoms with Crippen LogP contribution in [0, 0.1) is 6.92 Å². The predicted octanol–water partition coefficient (Wildman–Crippen LogP) is 7.74. The van der Waals surface area contributed by atoms with Crippen LogP contribution in [-0.4, -0.2) is 0 Å². The van der Waals surface area contributed by atoms with Crippen LogP contribution in [0.2, 0.25) is 0 Å². The fourth-order valence-corrected chi connectivity index (χ4v) is 7.77. The Morgan fingerprint density at radius 2 is 1.39 bits per heavy atom. The molecule has 0 fully saturated rings. The van der Waals surface area contributed by atoms with Crippen LogP contribution in [0.5, 0.6) is 0 Å². The molecule has 0 spiro atoms. The zero-order chi connectivity index (χ0) is 15.6. The van der Waals surface area contributed by atoms with Crippen molar-refractivity contribution in [1.82, 2.24) is 0 Å². The number of hydrogen-bond acceptors (Lipinski definition) is 3. The van der Waals surface area contributed by atoms with Gasteiger partial charge in [-0.1, -0.05) is 37.6 Å². The van der Waals surface area contributed by atoms with Gasteiger partial charge in [0.2, 0.25) is 0 Å². The van der Waals surface area contributed by atoms with Gasteiger partial charge >= 0.3 is 0 Å². The van der Waals surface area contributed by atoms with Gasteiger partial charge in [0.15, 0.2) is 0 Å². The normalized spacial score (nSPS) is 12.3. The Labute approximate surface area is 147 Å². The van der Waals surface area contributed by atoms with Crippen molar-refractivity contribution in [2.75, 3.05) is 0 Å². The minimum absolute atomic E-state index is 1.18. The molecule has 0 aliphatic rings. The zero-order valence-corrected chi connectivity index (χ0v) is 15.6. The molecule has 0 unspecified atom stereocenters. The number of fused-ring (bicyclic) bond motifs is 7. The Bertz CT molecular complexity index is 1180. The third kappa shape index (κ3) is 2.00. The molecule has 0 saturated carbocycles. The summed E-state index contributed by atoms with van der Waals surface area (Å²) in [4.78, 5) is 0. The lowest BCUT2D eigenvalue weighted by molar-refractivity contribution is 0.924. The highest BCUT2D eigenvalue weighted by atomic mass is 32.1. The molecule has 3 heterocycles. The maximum atomic E-state index is 2.40. The standard InChI is InChI=1S/C20H16S3/c1-3-4-12-6-8-14-16(10-12)22-20-18(14)23-17-13-7-5-11(2)9-15(13)21-19(17)20/h5-10H,3-4H2,1-2H3. The van der Waals surface area contributed by atoms with Crippen LogP contribution in [0.4, 0.5) is 0 Å². The molecule has 3 heteroatoms. The summed E-state index contributed by atoms with van der Waals surface area (Å²) in [7, 11) is 0. The van der Waals surface area contributed by atoms with E-state index in [1.807, 2.05) is 34.0 Å². The number of rotatable bonds is 2. The molecule has 0 nitrogen and oxygen atoms in total. The Morgan fingerprint density at radius 1 is 0.739 bits per heavy atom. The first-order chi connectivity index (χ1) is 11.2. The second kappa shape index (κ2) is 5.04. The van der Waals surface area contributed by atoms with Crippen LogP contribution in [0.15, 0.2) is 36.4 Å². The highest BCUT2D eigenvalue weighted by Gasteiger charge is 2.16. The molecular formula is C20H16S3. The summed E-state index contributed by atoms with van der Waals surface area (Å²) in [6, 6.07) is 13.9. The lowest BCUT2D eigenvalue weighted by Gasteiger charge is -1.98. The minimum Gasteiger partial charge on any atom is -0.133 e. The van der Waals surface area contributed by atoms with Gasteiger partial charge < -0.3 is 0 Å². The summed E-state index contributed by atoms with van der Waals surface area (Å²) < 4.78 is 8.82. The highest BCUT2D eigenvalue weighted by Crippen LogP contribution is 2.50. The van der Waals surface area contributed by atoms with Gasteiger partial charge in [-0.05, 0) is 36.6 Å². The van der Waals surface area contributed by atoms with Gasteiger partial charge in [0.25, 0.3) is 0 Å². The molecule has 114 valence electrons. The highest BCUT2D eigenvalue weighted by molar-refractivity contribution is 7.43. The molecule has 0 N–H and O–H groups in total. The van der Waals surface area contributed by atoms with Crippen LogP contribution < -0.4 is 0 Å². The van der Waals surface area contributed by atoms with Gasteiger partial charge in [-0.2, -0.15) is 0 Å². The van der Waals surface area contributed by atoms with Crippen LogP contribution in [0.3, 0.4) is 0 Å². The molecular weight excluding hydrogens is 336 g/mol. The van der Waals surface area contributed by atoms with Crippen molar-refractivity contribution in [3.63, 3.8) is 0 Å². The van der Waals surface area contributed by atoms with E-state index in [1.165, 1.54) is 62.9 Å². The molecule has 23 heavy (non-hydrogen) atoms. The van der Waals surface area contributed by atoms with E-state index in [9.17, 15) is 0 Å². The first-order valence-electron chi connectivity index (χ1n) is 8.01. The second-order valence-electron chi connectivity index (χ2n) is 6.20. The average molecular weight is 353 g/mol. The number of benzene rings is 2. The molecule has 5 rings (SSSR count). The third-order valence-electron chi connectivity index (χ3n) is 4.46. The molecule has 0 radical (unpaired) electrons. The number of thiophene rings is 3. The molecule has 0 bridgehead atoms. The summed E-state index contributed by atoms with van der Waals surface area (Å²) in [6.45, 7) is 4.43. The quantitative estimate of drug-likeness (QED) is 0.305. The van der Waals surface area contributed by atoms with Crippen LogP contribution in [-0.2, 0) is 6.42 Å². The molecule has 5 aromatic rings. The van der Waals surface area contributed by atoms with E-state index in [-0.39, 0.29) is 0 Å². The van der Waals surface area contributed by atoms with E-state index in [1.54, 1.807) is 0 Å². The van der Waals surface area contributed by atoms with Crippen LogP contribution in [0.1, 0.15) is 24.5 Å². The molecule has 3 aromatic heterocycles. The van der Waals surface area contributed by atoms with Crippen molar-refractivity contribution >= 4 is 73.0 Å². The second-order valence-corrected chi connectivity index (χ2v) is 9.33. The van der Waals surface area contributed by atoms with Crippen molar-refractivity contribution in [2.45, 2.75) is 26.7 Å². The smallest absolute Gasteiger partial charge is 0.0642 e. The molecule has 2 aromatic carbocycles. The van der Waals surface area contributed by atoms with E-state index in [0.717, 1.165) is 0 Å². The maximum absolute atomic E-state index is 2.40. The predicted molar refractivity (Wildman–Crippen MR) is 109 cm³/mol. The number of aryl methyl sites for hydroxylation is 2. The van der Waals surface area contributed by atoms with Gasteiger partial charge in [-0.3, -0.25) is 0 Å². The van der Waals surface area contributed by atoms with Crippen molar-refractivity contribution in [2.24, 2.45) is 0 Å². The Hall–Kier alpha value is -1.42. The van der Waals surface area contributed by atoms with Gasteiger partial charge in [0, 0.05) is 20.2 Å². The van der Waals surface area contributed by atoms with Gasteiger partial charge in [-0.15, -0.1) is 34.0 Å². The fraction of sp³-hybridized carbons (Fsp3) is 0.200. The SMILES string of the molecule is CCCc1ccc2c(c1)sc1c2sc2c3ccc(C)cc3sc21. The zero-order valence-electron chi connectivity index (χ0n) is 13.1. The Morgan fingerprint density at radius 3 is 2.09 bits per heavy atom. The van der Waals surface area contributed by atoms with Crippen LogP contribution >= 0.6 is 34.0 Å². The fourth-order valence-electron chi connectivity index (χ4n) is 3.35. The van der Waals surface area contributed by atoms with Crippen molar-refractivity contribution in [1.29, 1.82) is 0 Å². The Kier molecular flexibility index (Phi) is 3.06. The topological polar surface area (TPSA) is 0 Å². The van der Waals surface area contributed by atoms with E-state index in [0.29, 0.717) is 0 Å². The number of hydrogen-bond donors (Lipinski definition) is 0. The first-order valence-corrected chi connectivity index (χ1v) is 10.5. The van der Waals surface area contributed by atoms with Crippen LogP contribution in [0.25, 0.3) is 39.0 Å². The molecule has 0 aliphatic heterocycles. The summed E-state index contributed by atoms with van der Waals surface area (Å²) >= 11 is 5.92. The van der Waals surface area contributed by atoms with Crippen molar-refractivity contribution in [3.8, 4) is 0 Å². The average Bonchev–Trinajstić information content (AvgIpc) is 3.15. The van der Waals surface area contributed by atoms with Crippen molar-refractivity contribution in [3.05, 3.63) is 47.5 Å². The summed E-state index contributed by atoms with van der Waals surface area (Å²) in [5, 5.41) is 2.87. The first kappa shape index (κ1) is 14.0. The Balaban J connectivity index is 1.86. The third-order valence-corrected chi connectivity index (χ3v) is 8.44. The maximum Gasteiger partial charge on any atom is 0.0642 e. The van der Waals surface area contributed by atoms with E-state index in [2.05, 4.69) is 50.2 Å².